The Morgan fingerprint density at radius 2 is 2.36 bits per heavy atom. The van der Waals surface area contributed by atoms with Crippen LogP contribution in [0.1, 0.15) is 28.5 Å². The largest absolute Gasteiger partial charge is 0.472 e. The van der Waals surface area contributed by atoms with E-state index in [0.29, 0.717) is 30.4 Å². The van der Waals surface area contributed by atoms with Crippen molar-refractivity contribution in [2.75, 3.05) is 13.1 Å². The van der Waals surface area contributed by atoms with Gasteiger partial charge in [-0.2, -0.15) is 4.98 Å². The summed E-state index contributed by atoms with van der Waals surface area (Å²) in [7, 11) is 0. The van der Waals surface area contributed by atoms with Crippen LogP contribution in [0.25, 0.3) is 10.8 Å². The van der Waals surface area contributed by atoms with E-state index in [9.17, 15) is 4.79 Å². The number of carbonyl (C=O) groups excluding carboxylic acids is 1. The molecule has 1 atom stereocenters. The van der Waals surface area contributed by atoms with Crippen LogP contribution in [0.4, 0.5) is 0 Å². The molecule has 1 amide bonds. The first-order valence-electron chi connectivity index (χ1n) is 7.00. The number of rotatable bonds is 3. The van der Waals surface area contributed by atoms with Gasteiger partial charge in [0.2, 0.25) is 0 Å². The lowest BCUT2D eigenvalue weighted by atomic mass is 10.1. The minimum Gasteiger partial charge on any atom is -0.472 e. The van der Waals surface area contributed by atoms with Crippen molar-refractivity contribution in [3.05, 3.63) is 47.5 Å². The highest BCUT2D eigenvalue weighted by Gasteiger charge is 2.31. The van der Waals surface area contributed by atoms with Gasteiger partial charge in [0.15, 0.2) is 5.82 Å². The standard InChI is InChI=1S/C15H13N3O3S/c19-15(11-4-6-20-9-11)18-5-3-10(8-18)13-16-14(21-17-13)12-2-1-7-22-12/h1-2,4,6-7,9-10H,3,5,8H2. The zero-order chi connectivity index (χ0) is 14.9. The molecule has 0 saturated carbocycles. The Labute approximate surface area is 130 Å². The van der Waals surface area contributed by atoms with Gasteiger partial charge >= 0.3 is 0 Å². The van der Waals surface area contributed by atoms with E-state index in [-0.39, 0.29) is 11.8 Å². The summed E-state index contributed by atoms with van der Waals surface area (Å²) >= 11 is 1.56. The lowest BCUT2D eigenvalue weighted by molar-refractivity contribution is 0.0789. The van der Waals surface area contributed by atoms with Gasteiger partial charge in [-0.05, 0) is 23.9 Å². The van der Waals surface area contributed by atoms with Crippen molar-refractivity contribution < 1.29 is 13.7 Å². The summed E-state index contributed by atoms with van der Waals surface area (Å²) in [5, 5.41) is 6.05. The fourth-order valence-corrected chi connectivity index (χ4v) is 3.27. The molecule has 3 aromatic rings. The Hall–Kier alpha value is -2.41. The molecule has 0 aromatic carbocycles. The molecule has 0 N–H and O–H groups in total. The predicted molar refractivity (Wildman–Crippen MR) is 79.6 cm³/mol. The van der Waals surface area contributed by atoms with Crippen molar-refractivity contribution in [2.24, 2.45) is 0 Å². The Morgan fingerprint density at radius 1 is 1.41 bits per heavy atom. The number of amides is 1. The van der Waals surface area contributed by atoms with Crippen LogP contribution < -0.4 is 0 Å². The van der Waals surface area contributed by atoms with Gasteiger partial charge in [0.1, 0.15) is 6.26 Å². The lowest BCUT2D eigenvalue weighted by Crippen LogP contribution is -2.28. The topological polar surface area (TPSA) is 72.4 Å². The van der Waals surface area contributed by atoms with E-state index in [1.54, 1.807) is 22.3 Å². The number of likely N-dealkylation sites (tertiary alicyclic amines) is 1. The van der Waals surface area contributed by atoms with Gasteiger partial charge in [0.25, 0.3) is 11.8 Å². The van der Waals surface area contributed by atoms with Crippen molar-refractivity contribution in [3.8, 4) is 10.8 Å². The number of nitrogens with zero attached hydrogens (tertiary/aromatic N) is 3. The Balaban J connectivity index is 1.48. The third-order valence-electron chi connectivity index (χ3n) is 3.78. The molecule has 0 spiro atoms. The summed E-state index contributed by atoms with van der Waals surface area (Å²) < 4.78 is 10.3. The second-order valence-corrected chi connectivity index (χ2v) is 6.13. The molecule has 22 heavy (non-hydrogen) atoms. The molecule has 4 heterocycles. The zero-order valence-electron chi connectivity index (χ0n) is 11.6. The van der Waals surface area contributed by atoms with E-state index in [2.05, 4.69) is 10.1 Å². The summed E-state index contributed by atoms with van der Waals surface area (Å²) in [6.45, 7) is 1.30. The van der Waals surface area contributed by atoms with E-state index in [4.69, 9.17) is 8.94 Å². The molecular formula is C15H13N3O3S. The molecule has 0 aliphatic carbocycles. The first kappa shape index (κ1) is 13.3. The molecular weight excluding hydrogens is 302 g/mol. The molecule has 0 radical (unpaired) electrons. The molecule has 1 saturated heterocycles. The van der Waals surface area contributed by atoms with Crippen LogP contribution in [0.3, 0.4) is 0 Å². The molecule has 3 aromatic heterocycles. The molecule has 1 aliphatic heterocycles. The SMILES string of the molecule is O=C(c1ccoc1)N1CCC(c2noc(-c3cccs3)n2)C1. The minimum atomic E-state index is -0.0155. The Kier molecular flexibility index (Phi) is 3.27. The van der Waals surface area contributed by atoms with E-state index in [1.807, 2.05) is 17.5 Å². The van der Waals surface area contributed by atoms with Gasteiger partial charge in [-0.3, -0.25) is 4.79 Å². The highest BCUT2D eigenvalue weighted by molar-refractivity contribution is 7.13. The fourth-order valence-electron chi connectivity index (χ4n) is 2.63. The Bertz CT molecular complexity index is 764. The van der Waals surface area contributed by atoms with Gasteiger partial charge in [0, 0.05) is 19.0 Å². The first-order chi connectivity index (χ1) is 10.8. The van der Waals surface area contributed by atoms with Crippen LogP contribution in [0.2, 0.25) is 0 Å². The number of hydrogen-bond acceptors (Lipinski definition) is 6. The summed E-state index contributed by atoms with van der Waals surface area (Å²) in [5.41, 5.74) is 0.577. The second kappa shape index (κ2) is 5.42. The van der Waals surface area contributed by atoms with Crippen LogP contribution in [0.5, 0.6) is 0 Å². The number of aromatic nitrogens is 2. The van der Waals surface area contributed by atoms with Crippen molar-refractivity contribution in [2.45, 2.75) is 12.3 Å². The monoisotopic (exact) mass is 315 g/mol. The van der Waals surface area contributed by atoms with Crippen LogP contribution >= 0.6 is 11.3 Å². The second-order valence-electron chi connectivity index (χ2n) is 5.18. The van der Waals surface area contributed by atoms with Crippen LogP contribution in [-0.2, 0) is 0 Å². The van der Waals surface area contributed by atoms with E-state index in [1.165, 1.54) is 12.5 Å². The van der Waals surface area contributed by atoms with Crippen LogP contribution in [0.15, 0.2) is 45.0 Å². The van der Waals surface area contributed by atoms with E-state index < -0.39 is 0 Å². The van der Waals surface area contributed by atoms with E-state index in [0.717, 1.165) is 11.3 Å². The average molecular weight is 315 g/mol. The number of thiophene rings is 1. The number of carbonyl (C=O) groups is 1. The van der Waals surface area contributed by atoms with Crippen molar-refractivity contribution in [1.82, 2.24) is 15.0 Å². The van der Waals surface area contributed by atoms with Crippen molar-refractivity contribution in [3.63, 3.8) is 0 Å². The average Bonchev–Trinajstić information content (AvgIpc) is 3.35. The maximum Gasteiger partial charge on any atom is 0.267 e. The summed E-state index contributed by atoms with van der Waals surface area (Å²) in [5.74, 6) is 1.32. The molecule has 6 nitrogen and oxygen atoms in total. The van der Waals surface area contributed by atoms with E-state index >= 15 is 0 Å². The highest BCUT2D eigenvalue weighted by atomic mass is 32.1. The molecule has 1 unspecified atom stereocenters. The maximum atomic E-state index is 12.3. The molecule has 112 valence electrons. The van der Waals surface area contributed by atoms with Crippen molar-refractivity contribution in [1.29, 1.82) is 0 Å². The summed E-state index contributed by atoms with van der Waals surface area (Å²) in [4.78, 5) is 19.5. The van der Waals surface area contributed by atoms with Gasteiger partial charge in [-0.1, -0.05) is 11.2 Å². The third kappa shape index (κ3) is 2.33. The van der Waals surface area contributed by atoms with Gasteiger partial charge in [-0.15, -0.1) is 11.3 Å². The van der Waals surface area contributed by atoms with Gasteiger partial charge in [0.05, 0.1) is 16.7 Å². The van der Waals surface area contributed by atoms with Gasteiger partial charge < -0.3 is 13.8 Å². The molecule has 7 heteroatoms. The highest BCUT2D eigenvalue weighted by Crippen LogP contribution is 2.29. The molecule has 4 rings (SSSR count). The van der Waals surface area contributed by atoms with Crippen LogP contribution in [0, 0.1) is 0 Å². The number of hydrogen-bond donors (Lipinski definition) is 0. The summed E-state index contributed by atoms with van der Waals surface area (Å²) in [6.07, 6.45) is 3.82. The first-order valence-corrected chi connectivity index (χ1v) is 7.88. The van der Waals surface area contributed by atoms with Gasteiger partial charge in [-0.25, -0.2) is 0 Å². The normalized spacial score (nSPS) is 18.0. The van der Waals surface area contributed by atoms with Crippen molar-refractivity contribution >= 4 is 17.2 Å². The zero-order valence-corrected chi connectivity index (χ0v) is 12.5. The molecule has 1 fully saturated rings. The summed E-state index contributed by atoms with van der Waals surface area (Å²) in [6, 6.07) is 5.58. The smallest absolute Gasteiger partial charge is 0.267 e. The minimum absolute atomic E-state index is 0.0155. The lowest BCUT2D eigenvalue weighted by Gasteiger charge is -2.14. The predicted octanol–water partition coefficient (Wildman–Crippen LogP) is 3.02. The maximum absolute atomic E-state index is 12.3. The molecule has 1 aliphatic rings. The number of furan rings is 1. The quantitative estimate of drug-likeness (QED) is 0.743. The fraction of sp³-hybridized carbons (Fsp3) is 0.267. The third-order valence-corrected chi connectivity index (χ3v) is 4.64. The Morgan fingerprint density at radius 3 is 3.14 bits per heavy atom. The van der Waals surface area contributed by atoms with Crippen LogP contribution in [-0.4, -0.2) is 34.0 Å². The molecule has 0 bridgehead atoms.